The molecule has 0 amide bonds. The molecule has 4 nitrogen and oxygen atoms in total. The highest BCUT2D eigenvalue weighted by Crippen LogP contribution is 2.40. The van der Waals surface area contributed by atoms with E-state index in [1.165, 1.54) is 11.3 Å². The van der Waals surface area contributed by atoms with Crippen molar-refractivity contribution in [1.29, 1.82) is 0 Å². The second-order valence-corrected chi connectivity index (χ2v) is 9.48. The molecule has 0 atom stereocenters. The van der Waals surface area contributed by atoms with Gasteiger partial charge in [0.15, 0.2) is 6.04 Å². The van der Waals surface area contributed by atoms with E-state index in [0.717, 1.165) is 42.5 Å². The molecule has 1 aliphatic rings. The number of hydrogen-bond donors (Lipinski definition) is 2. The minimum atomic E-state index is -1.02. The lowest BCUT2D eigenvalue weighted by Crippen LogP contribution is -2.31. The molecule has 3 aromatic rings. The first-order chi connectivity index (χ1) is 15.0. The molecule has 0 aliphatic heterocycles. The largest absolute Gasteiger partial charge is 0.477 e. The van der Waals surface area contributed by atoms with Gasteiger partial charge in [0.2, 0.25) is 0 Å². The van der Waals surface area contributed by atoms with Crippen molar-refractivity contribution in [3.8, 4) is 10.4 Å². The van der Waals surface area contributed by atoms with Crippen LogP contribution in [0.3, 0.4) is 0 Å². The fourth-order valence-corrected chi connectivity index (χ4v) is 5.76. The molecule has 7 heteroatoms. The van der Waals surface area contributed by atoms with Gasteiger partial charge in [-0.3, -0.25) is 0 Å². The van der Waals surface area contributed by atoms with Crippen molar-refractivity contribution < 1.29 is 19.6 Å². The fourth-order valence-electron chi connectivity index (χ4n) is 4.03. The van der Waals surface area contributed by atoms with E-state index in [9.17, 15) is 15.0 Å². The molecule has 2 N–H and O–H groups in total. The van der Waals surface area contributed by atoms with Gasteiger partial charge in [0.05, 0.1) is 5.02 Å². The molecule has 0 bridgehead atoms. The Morgan fingerprint density at radius 2 is 1.65 bits per heavy atom. The van der Waals surface area contributed by atoms with Gasteiger partial charge in [-0.15, -0.1) is 4.58 Å². The summed E-state index contributed by atoms with van der Waals surface area (Å²) in [6.07, 6.45) is 4.93. The zero-order valence-corrected chi connectivity index (χ0v) is 19.1. The summed E-state index contributed by atoms with van der Waals surface area (Å²) in [5.74, 6) is -1.07. The van der Waals surface area contributed by atoms with Crippen LogP contribution in [0.4, 0.5) is 5.00 Å². The molecule has 160 valence electrons. The van der Waals surface area contributed by atoms with Crippen molar-refractivity contribution in [2.75, 3.05) is 0 Å². The Morgan fingerprint density at radius 1 is 0.935 bits per heavy atom. The van der Waals surface area contributed by atoms with Crippen LogP contribution >= 0.6 is 34.5 Å². The van der Waals surface area contributed by atoms with E-state index in [-0.39, 0.29) is 17.5 Å². The van der Waals surface area contributed by atoms with Crippen molar-refractivity contribution in [3.63, 3.8) is 0 Å². The molecule has 1 aliphatic carbocycles. The number of nitrogens with zero attached hydrogens (tertiary/aromatic N) is 1. The second-order valence-electron chi connectivity index (χ2n) is 7.61. The Balaban J connectivity index is 1.94. The molecular weight excluding hydrogens is 453 g/mol. The van der Waals surface area contributed by atoms with Gasteiger partial charge in [-0.05, 0) is 42.7 Å². The Bertz CT molecular complexity index is 1130. The molecule has 1 aromatic heterocycles. The van der Waals surface area contributed by atoms with Gasteiger partial charge in [0.25, 0.3) is 5.00 Å². The molecule has 0 unspecified atom stereocenters. The second kappa shape index (κ2) is 9.43. The molecule has 0 saturated heterocycles. The summed E-state index contributed by atoms with van der Waals surface area (Å²) in [4.78, 5) is 13.0. The van der Waals surface area contributed by atoms with Crippen LogP contribution in [0.5, 0.6) is 0 Å². The van der Waals surface area contributed by atoms with Crippen molar-refractivity contribution in [3.05, 3.63) is 75.8 Å². The van der Waals surface area contributed by atoms with Crippen molar-refractivity contribution >= 4 is 51.4 Å². The standard InChI is InChI=1S/C24H21Cl2NO3S/c25-16-11-12-18(20(26)13-16)22(28)27(17-9-5-2-6-10-17)23-19(24(29)30)14-21(31-23)15-7-3-1-4-8-15/h1,3-4,7-8,11-14,17H,2,5-6,9-10H2,(H,29,30)/p+1. The predicted octanol–water partition coefficient (Wildman–Crippen LogP) is 7.40. The Labute approximate surface area is 195 Å². The van der Waals surface area contributed by atoms with Crippen LogP contribution in [-0.2, 0) is 0 Å². The molecule has 31 heavy (non-hydrogen) atoms. The minimum Gasteiger partial charge on any atom is -0.477 e. The van der Waals surface area contributed by atoms with Crippen molar-refractivity contribution in [2.24, 2.45) is 0 Å². The Morgan fingerprint density at radius 3 is 2.29 bits per heavy atom. The van der Waals surface area contributed by atoms with Crippen molar-refractivity contribution in [2.45, 2.75) is 38.1 Å². The molecule has 1 heterocycles. The summed E-state index contributed by atoms with van der Waals surface area (Å²) >= 11 is 13.8. The summed E-state index contributed by atoms with van der Waals surface area (Å²) in [5.41, 5.74) is 1.54. The highest BCUT2D eigenvalue weighted by Gasteiger charge is 2.36. The van der Waals surface area contributed by atoms with Crippen LogP contribution < -0.4 is 0 Å². The van der Waals surface area contributed by atoms with E-state index in [1.54, 1.807) is 28.8 Å². The fraction of sp³-hybridized carbons (Fsp3) is 0.250. The average Bonchev–Trinajstić information content (AvgIpc) is 3.20. The zero-order valence-electron chi connectivity index (χ0n) is 16.7. The first-order valence-corrected chi connectivity index (χ1v) is 11.8. The first-order valence-electron chi connectivity index (χ1n) is 10.2. The monoisotopic (exact) mass is 474 g/mol. The number of halogens is 2. The number of aromatic carboxylic acids is 1. The zero-order chi connectivity index (χ0) is 22.0. The van der Waals surface area contributed by atoms with Crippen LogP contribution in [0.15, 0.2) is 54.6 Å². The minimum absolute atomic E-state index is 0.0131. The summed E-state index contributed by atoms with van der Waals surface area (Å²) in [5, 5.41) is 22.6. The van der Waals surface area contributed by atoms with Gasteiger partial charge in [0, 0.05) is 22.7 Å². The summed E-state index contributed by atoms with van der Waals surface area (Å²) in [7, 11) is 0. The third-order valence-electron chi connectivity index (χ3n) is 5.56. The number of rotatable bonds is 5. The maximum Gasteiger partial charge on any atom is 0.375 e. The quantitative estimate of drug-likeness (QED) is 0.230. The van der Waals surface area contributed by atoms with Crippen LogP contribution in [-0.4, -0.2) is 32.7 Å². The molecule has 4 rings (SSSR count). The molecule has 1 saturated carbocycles. The number of benzene rings is 2. The molecule has 0 spiro atoms. The number of carboxylic acids is 1. The normalized spacial score (nSPS) is 15.5. The van der Waals surface area contributed by atoms with Gasteiger partial charge >= 0.3 is 11.9 Å². The van der Waals surface area contributed by atoms with E-state index in [0.29, 0.717) is 20.6 Å². The Hall–Kier alpha value is -2.34. The molecular formula is C24H22Cl2NO3S+. The maximum atomic E-state index is 12.2. The van der Waals surface area contributed by atoms with E-state index < -0.39 is 5.97 Å². The van der Waals surface area contributed by atoms with Gasteiger partial charge in [-0.25, -0.2) is 4.79 Å². The highest BCUT2D eigenvalue weighted by atomic mass is 35.5. The molecule has 0 radical (unpaired) electrons. The smallest absolute Gasteiger partial charge is 0.375 e. The lowest BCUT2D eigenvalue weighted by atomic mass is 9.94. The summed E-state index contributed by atoms with van der Waals surface area (Å²) in [6.45, 7) is 0. The SMILES string of the molecule is O=C(O)c1cc(-c2ccccc2)sc1/[N+](=C(\O)c1ccc(Cl)cc1Cl)C1CCCCC1. The number of carboxylic acid groups (broad SMARTS) is 1. The highest BCUT2D eigenvalue weighted by molar-refractivity contribution is 7.19. The third kappa shape index (κ3) is 4.64. The first kappa shape index (κ1) is 21.9. The predicted molar refractivity (Wildman–Crippen MR) is 127 cm³/mol. The van der Waals surface area contributed by atoms with Crippen LogP contribution in [0.1, 0.15) is 48.0 Å². The van der Waals surface area contributed by atoms with Gasteiger partial charge < -0.3 is 10.2 Å². The maximum absolute atomic E-state index is 12.2. The molecule has 1 fully saturated rings. The van der Waals surface area contributed by atoms with E-state index in [1.807, 2.05) is 30.3 Å². The van der Waals surface area contributed by atoms with Gasteiger partial charge in [-0.2, -0.15) is 0 Å². The topological polar surface area (TPSA) is 60.5 Å². The van der Waals surface area contributed by atoms with Crippen LogP contribution in [0.2, 0.25) is 10.0 Å². The number of hydrogen-bond acceptors (Lipinski definition) is 2. The van der Waals surface area contributed by atoms with Crippen molar-refractivity contribution in [1.82, 2.24) is 0 Å². The number of aliphatic hydroxyl groups is 1. The van der Waals surface area contributed by atoms with Crippen LogP contribution in [0.25, 0.3) is 10.4 Å². The number of thiophene rings is 1. The molecule has 2 aromatic carbocycles. The Kier molecular flexibility index (Phi) is 6.65. The van der Waals surface area contributed by atoms with Gasteiger partial charge in [0.1, 0.15) is 11.1 Å². The van der Waals surface area contributed by atoms with Gasteiger partial charge in [-0.1, -0.05) is 71.3 Å². The van der Waals surface area contributed by atoms with E-state index >= 15 is 0 Å². The lowest BCUT2D eigenvalue weighted by Gasteiger charge is -2.20. The average molecular weight is 475 g/mol. The third-order valence-corrected chi connectivity index (χ3v) is 7.29. The summed E-state index contributed by atoms with van der Waals surface area (Å²) < 4.78 is 1.77. The number of aliphatic hydroxyl groups excluding tert-OH is 1. The summed E-state index contributed by atoms with van der Waals surface area (Å²) in [6, 6.07) is 16.3. The lowest BCUT2D eigenvalue weighted by molar-refractivity contribution is -0.493. The number of carbonyl (C=O) groups is 1. The van der Waals surface area contributed by atoms with Crippen LogP contribution in [0, 0.1) is 0 Å². The van der Waals surface area contributed by atoms with E-state index in [2.05, 4.69) is 0 Å². The van der Waals surface area contributed by atoms with E-state index in [4.69, 9.17) is 23.2 Å².